The number of benzene rings is 1. The van der Waals surface area contributed by atoms with E-state index in [1.807, 2.05) is 19.9 Å². The van der Waals surface area contributed by atoms with Gasteiger partial charge in [0.2, 0.25) is 0 Å². The van der Waals surface area contributed by atoms with E-state index in [4.69, 9.17) is 0 Å². The topological polar surface area (TPSA) is 75.1 Å². The van der Waals surface area contributed by atoms with Gasteiger partial charge in [0, 0.05) is 31.0 Å². The lowest BCUT2D eigenvalue weighted by atomic mass is 9.95. The smallest absolute Gasteiger partial charge is 0.253 e. The second kappa shape index (κ2) is 5.32. The minimum Gasteiger partial charge on any atom is -0.396 e. The highest BCUT2D eigenvalue weighted by Gasteiger charge is 2.19. The van der Waals surface area contributed by atoms with Crippen molar-refractivity contribution < 1.29 is 9.90 Å². The van der Waals surface area contributed by atoms with Crippen LogP contribution in [0.2, 0.25) is 0 Å². The molecule has 0 aliphatic heterocycles. The molecule has 0 saturated carbocycles. The number of hydrogen-bond donors (Lipinski definition) is 2. The lowest BCUT2D eigenvalue weighted by Gasteiger charge is -2.21. The summed E-state index contributed by atoms with van der Waals surface area (Å²) < 4.78 is 0. The molecule has 19 heavy (non-hydrogen) atoms. The van der Waals surface area contributed by atoms with E-state index in [-0.39, 0.29) is 17.9 Å². The second-order valence-corrected chi connectivity index (χ2v) is 5.23. The first kappa shape index (κ1) is 13.4. The summed E-state index contributed by atoms with van der Waals surface area (Å²) in [5.41, 5.74) is 1.44. The molecule has 100 valence electrons. The van der Waals surface area contributed by atoms with Crippen molar-refractivity contribution in [2.45, 2.75) is 13.8 Å². The van der Waals surface area contributed by atoms with Gasteiger partial charge in [0.25, 0.3) is 5.91 Å². The van der Waals surface area contributed by atoms with E-state index >= 15 is 0 Å². The van der Waals surface area contributed by atoms with Gasteiger partial charge in [-0.3, -0.25) is 14.8 Å². The van der Waals surface area contributed by atoms with E-state index in [9.17, 15) is 9.90 Å². The highest BCUT2D eigenvalue weighted by atomic mass is 16.3. The number of rotatable bonds is 4. The fraction of sp³-hybridized carbons (Fsp3) is 0.357. The van der Waals surface area contributed by atoms with Gasteiger partial charge in [0.1, 0.15) is 5.52 Å². The predicted molar refractivity (Wildman–Crippen MR) is 72.7 cm³/mol. The molecular formula is C14H17N3O2. The normalized spacial score (nSPS) is 11.5. The molecule has 0 aliphatic rings. The quantitative estimate of drug-likeness (QED) is 0.869. The maximum Gasteiger partial charge on any atom is 0.253 e. The standard InChI is InChI=1S/C14H17N3O2/c1-14(2,9-18)8-17-13(19)10-4-3-5-11-12(10)16-7-6-15-11/h3-7,18H,8-9H2,1-2H3,(H,17,19). The van der Waals surface area contributed by atoms with Crippen LogP contribution in [0.25, 0.3) is 11.0 Å². The lowest BCUT2D eigenvalue weighted by molar-refractivity contribution is 0.0912. The molecule has 5 heteroatoms. The van der Waals surface area contributed by atoms with Crippen molar-refractivity contribution in [2.24, 2.45) is 5.41 Å². The van der Waals surface area contributed by atoms with Gasteiger partial charge in [-0.05, 0) is 12.1 Å². The third kappa shape index (κ3) is 3.06. The lowest BCUT2D eigenvalue weighted by Crippen LogP contribution is -2.36. The van der Waals surface area contributed by atoms with Crippen molar-refractivity contribution in [2.75, 3.05) is 13.2 Å². The number of carbonyl (C=O) groups is 1. The number of amides is 1. The zero-order chi connectivity index (χ0) is 13.9. The molecule has 5 nitrogen and oxygen atoms in total. The highest BCUT2D eigenvalue weighted by molar-refractivity contribution is 6.04. The number of aliphatic hydroxyl groups excluding tert-OH is 1. The summed E-state index contributed by atoms with van der Waals surface area (Å²) in [6, 6.07) is 5.32. The van der Waals surface area contributed by atoms with Crippen LogP contribution >= 0.6 is 0 Å². The van der Waals surface area contributed by atoms with Crippen molar-refractivity contribution >= 4 is 16.9 Å². The Morgan fingerprint density at radius 2 is 2.05 bits per heavy atom. The Balaban J connectivity index is 2.23. The largest absolute Gasteiger partial charge is 0.396 e. The Morgan fingerprint density at radius 1 is 1.32 bits per heavy atom. The molecule has 2 aromatic rings. The van der Waals surface area contributed by atoms with Crippen molar-refractivity contribution in [3.05, 3.63) is 36.2 Å². The zero-order valence-corrected chi connectivity index (χ0v) is 11.1. The third-order valence-corrected chi connectivity index (χ3v) is 2.90. The molecule has 0 aliphatic carbocycles. The molecule has 1 amide bonds. The minimum absolute atomic E-state index is 0.0165. The summed E-state index contributed by atoms with van der Waals surface area (Å²) in [6.45, 7) is 4.19. The van der Waals surface area contributed by atoms with Gasteiger partial charge in [-0.15, -0.1) is 0 Å². The fourth-order valence-corrected chi connectivity index (χ4v) is 1.65. The number of nitrogens with zero attached hydrogens (tertiary/aromatic N) is 2. The number of aromatic nitrogens is 2. The van der Waals surface area contributed by atoms with Gasteiger partial charge < -0.3 is 10.4 Å². The van der Waals surface area contributed by atoms with Gasteiger partial charge in [-0.1, -0.05) is 19.9 Å². The minimum atomic E-state index is -0.341. The molecule has 1 heterocycles. The molecule has 0 unspecified atom stereocenters. The maximum absolute atomic E-state index is 12.2. The summed E-state index contributed by atoms with van der Waals surface area (Å²) in [7, 11) is 0. The third-order valence-electron chi connectivity index (χ3n) is 2.90. The maximum atomic E-state index is 12.2. The first-order chi connectivity index (χ1) is 9.03. The predicted octanol–water partition coefficient (Wildman–Crippen LogP) is 1.38. The van der Waals surface area contributed by atoms with Crippen molar-refractivity contribution in [1.29, 1.82) is 0 Å². The molecule has 1 aromatic heterocycles. The Kier molecular flexibility index (Phi) is 3.76. The molecule has 0 saturated heterocycles. The Morgan fingerprint density at radius 3 is 2.79 bits per heavy atom. The summed E-state index contributed by atoms with van der Waals surface area (Å²) >= 11 is 0. The van der Waals surface area contributed by atoms with Crippen molar-refractivity contribution in [3.63, 3.8) is 0 Å². The van der Waals surface area contributed by atoms with Gasteiger partial charge in [0.15, 0.2) is 0 Å². The molecule has 2 N–H and O–H groups in total. The van der Waals surface area contributed by atoms with Gasteiger partial charge in [-0.25, -0.2) is 0 Å². The van der Waals surface area contributed by atoms with E-state index in [0.717, 1.165) is 0 Å². The molecule has 0 atom stereocenters. The van der Waals surface area contributed by atoms with Crippen LogP contribution in [0.3, 0.4) is 0 Å². The van der Waals surface area contributed by atoms with Gasteiger partial charge in [0.05, 0.1) is 11.1 Å². The van der Waals surface area contributed by atoms with Crippen LogP contribution in [0, 0.1) is 5.41 Å². The SMILES string of the molecule is CC(C)(CO)CNC(=O)c1cccc2nccnc12. The van der Waals surface area contributed by atoms with Crippen LogP contribution in [0.5, 0.6) is 0 Å². The number of para-hydroxylation sites is 1. The number of aliphatic hydroxyl groups is 1. The van der Waals surface area contributed by atoms with E-state index in [1.54, 1.807) is 24.5 Å². The first-order valence-corrected chi connectivity index (χ1v) is 6.12. The fourth-order valence-electron chi connectivity index (χ4n) is 1.65. The molecule has 2 rings (SSSR count). The van der Waals surface area contributed by atoms with Crippen LogP contribution in [0.15, 0.2) is 30.6 Å². The Hall–Kier alpha value is -2.01. The summed E-state index contributed by atoms with van der Waals surface area (Å²) in [5.74, 6) is -0.201. The van der Waals surface area contributed by atoms with E-state index < -0.39 is 0 Å². The molecule has 0 fully saturated rings. The van der Waals surface area contributed by atoms with Crippen LogP contribution in [-0.4, -0.2) is 34.1 Å². The number of fused-ring (bicyclic) bond motifs is 1. The molecule has 0 bridgehead atoms. The van der Waals surface area contributed by atoms with Crippen LogP contribution in [0.4, 0.5) is 0 Å². The summed E-state index contributed by atoms with van der Waals surface area (Å²) in [4.78, 5) is 20.5. The van der Waals surface area contributed by atoms with Crippen LogP contribution < -0.4 is 5.32 Å². The number of carbonyl (C=O) groups excluding carboxylic acids is 1. The monoisotopic (exact) mass is 259 g/mol. The summed E-state index contributed by atoms with van der Waals surface area (Å²) in [6.07, 6.45) is 3.16. The highest BCUT2D eigenvalue weighted by Crippen LogP contribution is 2.15. The first-order valence-electron chi connectivity index (χ1n) is 6.12. The van der Waals surface area contributed by atoms with Gasteiger partial charge in [-0.2, -0.15) is 0 Å². The van der Waals surface area contributed by atoms with E-state index in [0.29, 0.717) is 23.1 Å². The van der Waals surface area contributed by atoms with E-state index in [1.165, 1.54) is 0 Å². The van der Waals surface area contributed by atoms with Crippen LogP contribution in [0.1, 0.15) is 24.2 Å². The molecule has 0 spiro atoms. The van der Waals surface area contributed by atoms with E-state index in [2.05, 4.69) is 15.3 Å². The van der Waals surface area contributed by atoms with Crippen molar-refractivity contribution in [1.82, 2.24) is 15.3 Å². The Bertz CT molecular complexity index is 591. The number of hydrogen-bond acceptors (Lipinski definition) is 4. The summed E-state index contributed by atoms with van der Waals surface area (Å²) in [5, 5.41) is 12.0. The molecule has 0 radical (unpaired) electrons. The Labute approximate surface area is 111 Å². The molecular weight excluding hydrogens is 242 g/mol. The van der Waals surface area contributed by atoms with Gasteiger partial charge >= 0.3 is 0 Å². The molecule has 1 aromatic carbocycles. The average Bonchev–Trinajstić information content (AvgIpc) is 2.44. The second-order valence-electron chi connectivity index (χ2n) is 5.23. The van der Waals surface area contributed by atoms with Crippen molar-refractivity contribution in [3.8, 4) is 0 Å². The average molecular weight is 259 g/mol. The zero-order valence-electron chi connectivity index (χ0n) is 11.1. The van der Waals surface area contributed by atoms with Crippen LogP contribution in [-0.2, 0) is 0 Å². The number of nitrogens with one attached hydrogen (secondary N) is 1.